The number of aromatic amines is 1. The van der Waals surface area contributed by atoms with Gasteiger partial charge in [0.25, 0.3) is 11.5 Å². The molecule has 1 unspecified atom stereocenters. The number of rotatable bonds is 8. The number of hydrogen-bond donors (Lipinski definition) is 5. The summed E-state index contributed by atoms with van der Waals surface area (Å²) >= 11 is 0. The molecule has 1 aromatic carbocycles. The molecular weight excluding hydrogens is 388 g/mol. The molecule has 0 saturated heterocycles. The summed E-state index contributed by atoms with van der Waals surface area (Å²) in [5.41, 5.74) is 7.31. The summed E-state index contributed by atoms with van der Waals surface area (Å²) < 4.78 is 0. The van der Waals surface area contributed by atoms with Gasteiger partial charge in [0.15, 0.2) is 5.65 Å². The highest BCUT2D eigenvalue weighted by atomic mass is 16.4. The number of pyridine rings is 1. The Kier molecular flexibility index (Phi) is 6.26. The summed E-state index contributed by atoms with van der Waals surface area (Å²) in [7, 11) is 0. The van der Waals surface area contributed by atoms with Crippen LogP contribution in [0.2, 0.25) is 0 Å². The van der Waals surface area contributed by atoms with E-state index in [9.17, 15) is 14.4 Å². The molecule has 0 aliphatic heterocycles. The van der Waals surface area contributed by atoms with E-state index in [1.807, 2.05) is 6.92 Å². The number of hydrogen-bond acceptors (Lipinski definition) is 7. The van der Waals surface area contributed by atoms with Gasteiger partial charge in [-0.05, 0) is 42.3 Å². The Hall–Kier alpha value is -3.95. The Morgan fingerprint density at radius 2 is 2.00 bits per heavy atom. The molecule has 10 heteroatoms. The first-order valence-corrected chi connectivity index (χ1v) is 9.39. The summed E-state index contributed by atoms with van der Waals surface area (Å²) in [5, 5.41) is 15.2. The molecule has 3 rings (SSSR count). The molecule has 156 valence electrons. The van der Waals surface area contributed by atoms with Gasteiger partial charge < -0.3 is 21.5 Å². The first kappa shape index (κ1) is 20.8. The zero-order valence-electron chi connectivity index (χ0n) is 16.3. The largest absolute Gasteiger partial charge is 0.480 e. The third-order valence-electron chi connectivity index (χ3n) is 4.46. The highest BCUT2D eigenvalue weighted by Gasteiger charge is 2.19. The lowest BCUT2D eigenvalue weighted by Crippen LogP contribution is -2.40. The number of anilines is 2. The van der Waals surface area contributed by atoms with Crippen LogP contribution in [0.4, 0.5) is 11.6 Å². The molecule has 30 heavy (non-hydrogen) atoms. The van der Waals surface area contributed by atoms with Crippen molar-refractivity contribution in [2.75, 3.05) is 11.1 Å². The summed E-state index contributed by atoms with van der Waals surface area (Å²) in [6.07, 6.45) is 2.62. The number of H-pyrrole nitrogens is 1. The smallest absolute Gasteiger partial charge is 0.326 e. The molecule has 0 radical (unpaired) electrons. The maximum Gasteiger partial charge on any atom is 0.326 e. The van der Waals surface area contributed by atoms with Crippen LogP contribution in [0.3, 0.4) is 0 Å². The van der Waals surface area contributed by atoms with Crippen LogP contribution in [0.15, 0.2) is 41.3 Å². The number of nitrogens with two attached hydrogens (primary N) is 1. The van der Waals surface area contributed by atoms with Crippen LogP contribution in [0, 0.1) is 0 Å². The zero-order valence-corrected chi connectivity index (χ0v) is 16.3. The summed E-state index contributed by atoms with van der Waals surface area (Å²) in [6.45, 7) is 2.26. The standard InChI is InChI=1S/C20H22N6O4/c1-2-3-15(19(29)30)24-17(27)12-4-6-13(7-5-12)22-9-11-8-14-16(23-10-11)25-20(21)26-18(14)28/h4-8,10,15,22H,2-3,9H2,1H3,(H,24,27)(H,29,30)(H3,21,23,25,26,28). The van der Waals surface area contributed by atoms with E-state index in [1.54, 1.807) is 36.5 Å². The van der Waals surface area contributed by atoms with Gasteiger partial charge in [-0.25, -0.2) is 9.78 Å². The van der Waals surface area contributed by atoms with Crippen molar-refractivity contribution in [3.05, 3.63) is 58.0 Å². The lowest BCUT2D eigenvalue weighted by Gasteiger charge is -2.14. The first-order valence-electron chi connectivity index (χ1n) is 9.39. The number of carbonyl (C=O) groups excluding carboxylic acids is 1. The number of amides is 1. The molecule has 2 aromatic heterocycles. The second-order valence-corrected chi connectivity index (χ2v) is 6.75. The molecule has 6 N–H and O–H groups in total. The number of carboxylic acids is 1. The van der Waals surface area contributed by atoms with Gasteiger partial charge in [0.05, 0.1) is 5.39 Å². The molecule has 10 nitrogen and oxygen atoms in total. The molecule has 0 saturated carbocycles. The van der Waals surface area contributed by atoms with Crippen molar-refractivity contribution in [1.82, 2.24) is 20.3 Å². The number of carbonyl (C=O) groups is 2. The maximum atomic E-state index is 12.3. The lowest BCUT2D eigenvalue weighted by atomic mass is 10.1. The number of aliphatic carboxylic acids is 1. The Morgan fingerprint density at radius 1 is 1.27 bits per heavy atom. The SMILES string of the molecule is CCCC(NC(=O)c1ccc(NCc2cnc3nc(N)[nH]c(=O)c3c2)cc1)C(=O)O. The monoisotopic (exact) mass is 410 g/mol. The van der Waals surface area contributed by atoms with Crippen molar-refractivity contribution in [2.24, 2.45) is 0 Å². The van der Waals surface area contributed by atoms with Crippen molar-refractivity contribution in [3.8, 4) is 0 Å². The molecule has 0 aliphatic carbocycles. The zero-order chi connectivity index (χ0) is 21.7. The number of nitrogen functional groups attached to an aromatic ring is 1. The van der Waals surface area contributed by atoms with Crippen LogP contribution in [0.5, 0.6) is 0 Å². The second-order valence-electron chi connectivity index (χ2n) is 6.75. The van der Waals surface area contributed by atoms with Crippen LogP contribution in [-0.4, -0.2) is 38.0 Å². The molecule has 2 heterocycles. The van der Waals surface area contributed by atoms with Crippen LogP contribution < -0.4 is 21.9 Å². The van der Waals surface area contributed by atoms with E-state index in [0.717, 1.165) is 11.3 Å². The van der Waals surface area contributed by atoms with E-state index >= 15 is 0 Å². The molecule has 0 spiro atoms. The predicted octanol–water partition coefficient (Wildman–Crippen LogP) is 1.50. The average molecular weight is 410 g/mol. The van der Waals surface area contributed by atoms with E-state index in [1.165, 1.54) is 0 Å². The topological polar surface area (TPSA) is 163 Å². The first-order chi connectivity index (χ1) is 14.4. The van der Waals surface area contributed by atoms with Crippen LogP contribution in [-0.2, 0) is 11.3 Å². The fourth-order valence-electron chi connectivity index (χ4n) is 2.91. The third-order valence-corrected chi connectivity index (χ3v) is 4.46. The Labute approximate surface area is 171 Å². The number of nitrogens with zero attached hydrogens (tertiary/aromatic N) is 2. The summed E-state index contributed by atoms with van der Waals surface area (Å²) in [6, 6.07) is 7.43. The summed E-state index contributed by atoms with van der Waals surface area (Å²) in [5.74, 6) is -1.48. The quantitative estimate of drug-likeness (QED) is 0.373. The Balaban J connectivity index is 1.64. The average Bonchev–Trinajstić information content (AvgIpc) is 2.72. The number of benzene rings is 1. The van der Waals surface area contributed by atoms with E-state index in [2.05, 4.69) is 25.6 Å². The highest BCUT2D eigenvalue weighted by molar-refractivity contribution is 5.96. The predicted molar refractivity (Wildman–Crippen MR) is 112 cm³/mol. The third kappa shape index (κ3) is 4.90. The van der Waals surface area contributed by atoms with Crippen molar-refractivity contribution < 1.29 is 14.7 Å². The van der Waals surface area contributed by atoms with E-state index in [0.29, 0.717) is 30.3 Å². The fourth-order valence-corrected chi connectivity index (χ4v) is 2.91. The van der Waals surface area contributed by atoms with Crippen molar-refractivity contribution in [2.45, 2.75) is 32.4 Å². The van der Waals surface area contributed by atoms with Gasteiger partial charge in [0.2, 0.25) is 5.95 Å². The molecule has 0 fully saturated rings. The van der Waals surface area contributed by atoms with Crippen molar-refractivity contribution in [3.63, 3.8) is 0 Å². The molecule has 0 bridgehead atoms. The Bertz CT molecular complexity index is 1130. The minimum absolute atomic E-state index is 0.0133. The fraction of sp³-hybridized carbons (Fsp3) is 0.250. The minimum atomic E-state index is -1.05. The van der Waals surface area contributed by atoms with Crippen molar-refractivity contribution in [1.29, 1.82) is 0 Å². The van der Waals surface area contributed by atoms with Gasteiger partial charge in [-0.15, -0.1) is 0 Å². The molecule has 1 atom stereocenters. The molecule has 3 aromatic rings. The molecular formula is C20H22N6O4. The van der Waals surface area contributed by atoms with E-state index in [4.69, 9.17) is 10.8 Å². The van der Waals surface area contributed by atoms with Crippen LogP contribution >= 0.6 is 0 Å². The second kappa shape index (κ2) is 9.03. The lowest BCUT2D eigenvalue weighted by molar-refractivity contribution is -0.139. The van der Waals surface area contributed by atoms with Gasteiger partial charge in [-0.3, -0.25) is 14.6 Å². The number of fused-ring (bicyclic) bond motifs is 1. The highest BCUT2D eigenvalue weighted by Crippen LogP contribution is 2.13. The van der Waals surface area contributed by atoms with Gasteiger partial charge in [-0.1, -0.05) is 13.3 Å². The van der Waals surface area contributed by atoms with Gasteiger partial charge >= 0.3 is 5.97 Å². The van der Waals surface area contributed by atoms with Crippen LogP contribution in [0.1, 0.15) is 35.7 Å². The number of nitrogens with one attached hydrogen (secondary N) is 3. The molecule has 1 amide bonds. The number of carboxylic acid groups (broad SMARTS) is 1. The Morgan fingerprint density at radius 3 is 2.67 bits per heavy atom. The van der Waals surface area contributed by atoms with E-state index in [-0.39, 0.29) is 17.2 Å². The summed E-state index contributed by atoms with van der Waals surface area (Å²) in [4.78, 5) is 46.0. The minimum Gasteiger partial charge on any atom is -0.480 e. The van der Waals surface area contributed by atoms with Gasteiger partial charge in [0, 0.05) is 24.0 Å². The number of aromatic nitrogens is 3. The molecule has 0 aliphatic rings. The van der Waals surface area contributed by atoms with E-state index < -0.39 is 17.9 Å². The van der Waals surface area contributed by atoms with Crippen LogP contribution in [0.25, 0.3) is 11.0 Å². The van der Waals surface area contributed by atoms with Gasteiger partial charge in [0.1, 0.15) is 6.04 Å². The van der Waals surface area contributed by atoms with Crippen molar-refractivity contribution >= 4 is 34.5 Å². The maximum absolute atomic E-state index is 12.3. The van der Waals surface area contributed by atoms with Gasteiger partial charge in [-0.2, -0.15) is 4.98 Å². The normalized spacial score (nSPS) is 11.8.